The summed E-state index contributed by atoms with van der Waals surface area (Å²) in [6.45, 7) is 8.56. The lowest BCUT2D eigenvalue weighted by Crippen LogP contribution is -2.45. The third kappa shape index (κ3) is 5.76. The maximum atomic E-state index is 8.78. The Morgan fingerprint density at radius 2 is 1.93 bits per heavy atom. The fourth-order valence-corrected chi connectivity index (χ4v) is 2.76. The standard InChI is InChI=1S/C11H24N2OS/c1-11(3-9-14)15-10-8-13-6-4-12(2)5-7-13/h11,14H,3-10H2,1-2H3. The minimum absolute atomic E-state index is 0.322. The van der Waals surface area contributed by atoms with Crippen molar-refractivity contribution in [2.45, 2.75) is 18.6 Å². The van der Waals surface area contributed by atoms with Gasteiger partial charge in [0.2, 0.25) is 0 Å². The molecule has 3 nitrogen and oxygen atoms in total. The predicted molar refractivity (Wildman–Crippen MR) is 67.6 cm³/mol. The van der Waals surface area contributed by atoms with Crippen LogP contribution in [0.5, 0.6) is 0 Å². The van der Waals surface area contributed by atoms with Gasteiger partial charge in [0.05, 0.1) is 0 Å². The number of aliphatic hydroxyl groups excluding tert-OH is 1. The molecule has 1 aliphatic heterocycles. The van der Waals surface area contributed by atoms with E-state index in [4.69, 9.17) is 5.11 Å². The second-order valence-corrected chi connectivity index (χ2v) is 5.88. The van der Waals surface area contributed by atoms with Crippen LogP contribution in [0.2, 0.25) is 0 Å². The molecule has 1 N–H and O–H groups in total. The molecular formula is C11H24N2OS. The van der Waals surface area contributed by atoms with Gasteiger partial charge < -0.3 is 10.0 Å². The van der Waals surface area contributed by atoms with Gasteiger partial charge in [-0.1, -0.05) is 6.92 Å². The van der Waals surface area contributed by atoms with Gasteiger partial charge in [-0.3, -0.25) is 4.90 Å². The summed E-state index contributed by atoms with van der Waals surface area (Å²) < 4.78 is 0. The van der Waals surface area contributed by atoms with Crippen molar-refractivity contribution >= 4 is 11.8 Å². The highest BCUT2D eigenvalue weighted by Crippen LogP contribution is 2.13. The SMILES string of the molecule is CC(CCO)SCCN1CCN(C)CC1. The minimum Gasteiger partial charge on any atom is -0.396 e. The van der Waals surface area contributed by atoms with Crippen LogP contribution in [-0.2, 0) is 0 Å². The van der Waals surface area contributed by atoms with Gasteiger partial charge >= 0.3 is 0 Å². The normalized spacial score (nSPS) is 21.8. The Labute approximate surface area is 97.8 Å². The smallest absolute Gasteiger partial charge is 0.0441 e. The van der Waals surface area contributed by atoms with Crippen LogP contribution in [0.1, 0.15) is 13.3 Å². The molecule has 0 aromatic heterocycles. The Morgan fingerprint density at radius 1 is 1.27 bits per heavy atom. The van der Waals surface area contributed by atoms with E-state index in [2.05, 4.69) is 23.8 Å². The van der Waals surface area contributed by atoms with E-state index in [0.29, 0.717) is 11.9 Å². The number of likely N-dealkylation sites (N-methyl/N-ethyl adjacent to an activating group) is 1. The number of rotatable bonds is 6. The molecule has 0 radical (unpaired) electrons. The predicted octanol–water partition coefficient (Wildman–Crippen LogP) is 0.738. The van der Waals surface area contributed by atoms with Crippen LogP contribution >= 0.6 is 11.8 Å². The van der Waals surface area contributed by atoms with Crippen molar-refractivity contribution in [2.75, 3.05) is 52.1 Å². The summed E-state index contributed by atoms with van der Waals surface area (Å²) in [7, 11) is 2.19. The lowest BCUT2D eigenvalue weighted by atomic mass is 10.3. The van der Waals surface area contributed by atoms with Gasteiger partial charge in [-0.05, 0) is 13.5 Å². The molecule has 1 saturated heterocycles. The largest absolute Gasteiger partial charge is 0.396 e. The third-order valence-corrected chi connectivity index (χ3v) is 4.16. The first kappa shape index (κ1) is 13.3. The number of thioether (sulfide) groups is 1. The molecule has 0 bridgehead atoms. The van der Waals surface area contributed by atoms with Gasteiger partial charge in [0.15, 0.2) is 0 Å². The number of nitrogens with zero attached hydrogens (tertiary/aromatic N) is 2. The Hall–Kier alpha value is 0.230. The van der Waals surface area contributed by atoms with Crippen molar-refractivity contribution in [3.05, 3.63) is 0 Å². The van der Waals surface area contributed by atoms with Crippen LogP contribution in [0.4, 0.5) is 0 Å². The Morgan fingerprint density at radius 3 is 2.53 bits per heavy atom. The molecule has 90 valence electrons. The molecule has 0 saturated carbocycles. The van der Waals surface area contributed by atoms with Gasteiger partial charge in [-0.25, -0.2) is 0 Å². The highest BCUT2D eigenvalue weighted by Gasteiger charge is 2.13. The average molecular weight is 232 g/mol. The van der Waals surface area contributed by atoms with E-state index < -0.39 is 0 Å². The maximum Gasteiger partial charge on any atom is 0.0441 e. The van der Waals surface area contributed by atoms with Crippen molar-refractivity contribution in [3.63, 3.8) is 0 Å². The van der Waals surface area contributed by atoms with E-state index in [9.17, 15) is 0 Å². The molecule has 1 atom stereocenters. The van der Waals surface area contributed by atoms with E-state index in [1.165, 1.54) is 38.5 Å². The molecule has 0 aromatic rings. The summed E-state index contributed by atoms with van der Waals surface area (Å²) in [6.07, 6.45) is 0.924. The molecule has 0 spiro atoms. The van der Waals surface area contributed by atoms with Crippen LogP contribution in [0.25, 0.3) is 0 Å². The van der Waals surface area contributed by atoms with Crippen LogP contribution in [0.3, 0.4) is 0 Å². The minimum atomic E-state index is 0.322. The zero-order chi connectivity index (χ0) is 11.1. The molecule has 1 heterocycles. The topological polar surface area (TPSA) is 26.7 Å². The van der Waals surface area contributed by atoms with E-state index >= 15 is 0 Å². The highest BCUT2D eigenvalue weighted by molar-refractivity contribution is 7.99. The molecule has 0 aliphatic carbocycles. The molecular weight excluding hydrogens is 208 g/mol. The number of piperazine rings is 1. The van der Waals surface area contributed by atoms with Gasteiger partial charge in [-0.15, -0.1) is 0 Å². The zero-order valence-electron chi connectivity index (χ0n) is 9.98. The number of hydrogen-bond donors (Lipinski definition) is 1. The van der Waals surface area contributed by atoms with Gasteiger partial charge in [0, 0.05) is 50.3 Å². The lowest BCUT2D eigenvalue weighted by Gasteiger charge is -2.32. The molecule has 0 aromatic carbocycles. The summed E-state index contributed by atoms with van der Waals surface area (Å²) in [5.41, 5.74) is 0. The van der Waals surface area contributed by atoms with Crippen molar-refractivity contribution in [1.29, 1.82) is 0 Å². The van der Waals surface area contributed by atoms with Crippen molar-refractivity contribution in [1.82, 2.24) is 9.80 Å². The Kier molecular flexibility index (Phi) is 6.64. The summed E-state index contributed by atoms with van der Waals surface area (Å²) >= 11 is 1.98. The summed E-state index contributed by atoms with van der Waals surface area (Å²) in [4.78, 5) is 4.93. The first-order valence-electron chi connectivity index (χ1n) is 5.85. The van der Waals surface area contributed by atoms with E-state index in [1.54, 1.807) is 0 Å². The molecule has 15 heavy (non-hydrogen) atoms. The molecule has 1 aliphatic rings. The van der Waals surface area contributed by atoms with Crippen LogP contribution < -0.4 is 0 Å². The highest BCUT2D eigenvalue weighted by atomic mass is 32.2. The van der Waals surface area contributed by atoms with Gasteiger partial charge in [0.1, 0.15) is 0 Å². The fourth-order valence-electron chi connectivity index (χ4n) is 1.72. The quantitative estimate of drug-likeness (QED) is 0.731. The lowest BCUT2D eigenvalue weighted by molar-refractivity contribution is 0.161. The Balaban J connectivity index is 2.00. The summed E-state index contributed by atoms with van der Waals surface area (Å²) in [5, 5.41) is 9.38. The summed E-state index contributed by atoms with van der Waals surface area (Å²) in [5.74, 6) is 1.20. The molecule has 4 heteroatoms. The summed E-state index contributed by atoms with van der Waals surface area (Å²) in [6, 6.07) is 0. The second-order valence-electron chi connectivity index (χ2n) is 4.34. The molecule has 1 unspecified atom stereocenters. The molecule has 1 rings (SSSR count). The van der Waals surface area contributed by atoms with Crippen molar-refractivity contribution < 1.29 is 5.11 Å². The van der Waals surface area contributed by atoms with Crippen LogP contribution in [0.15, 0.2) is 0 Å². The van der Waals surface area contributed by atoms with Gasteiger partial charge in [0.25, 0.3) is 0 Å². The van der Waals surface area contributed by atoms with Gasteiger partial charge in [-0.2, -0.15) is 11.8 Å². The van der Waals surface area contributed by atoms with E-state index in [1.807, 2.05) is 11.8 Å². The Bertz CT molecular complexity index is 161. The fraction of sp³-hybridized carbons (Fsp3) is 1.00. The second kappa shape index (κ2) is 7.49. The van der Waals surface area contributed by atoms with Crippen LogP contribution in [-0.4, -0.2) is 72.3 Å². The number of aliphatic hydroxyl groups is 1. The maximum absolute atomic E-state index is 8.78. The molecule has 0 amide bonds. The first-order chi connectivity index (χ1) is 7.22. The average Bonchev–Trinajstić information content (AvgIpc) is 2.21. The van der Waals surface area contributed by atoms with Crippen molar-refractivity contribution in [3.8, 4) is 0 Å². The third-order valence-electron chi connectivity index (χ3n) is 2.94. The molecule has 1 fully saturated rings. The monoisotopic (exact) mass is 232 g/mol. The first-order valence-corrected chi connectivity index (χ1v) is 6.90. The zero-order valence-corrected chi connectivity index (χ0v) is 10.8. The number of hydrogen-bond acceptors (Lipinski definition) is 4. The van der Waals surface area contributed by atoms with Crippen molar-refractivity contribution in [2.24, 2.45) is 0 Å². The van der Waals surface area contributed by atoms with E-state index in [0.717, 1.165) is 6.42 Å². The van der Waals surface area contributed by atoms with E-state index in [-0.39, 0.29) is 0 Å². The van der Waals surface area contributed by atoms with Crippen LogP contribution in [0, 0.1) is 0 Å².